The molecular weight excluding hydrogens is 342 g/mol. The first-order chi connectivity index (χ1) is 11.7. The number of carbonyl (C=O) groups is 2. The summed E-state index contributed by atoms with van der Waals surface area (Å²) in [7, 11) is -3.64. The standard InChI is InChI=1S/C17H23N3O4S/c1-11(2)13-5-4-12(3)14(10-13)25(23,24)20-8-6-17(7-9-20)15(21)18-16(22)19-17/h4-5,10-11H,6-9H2,1-3H3,(H2,18,19,21,22). The van der Waals surface area contributed by atoms with Gasteiger partial charge in [0.15, 0.2) is 0 Å². The van der Waals surface area contributed by atoms with Crippen molar-refractivity contribution in [1.29, 1.82) is 0 Å². The Hall–Kier alpha value is -1.93. The normalized spacial score (nSPS) is 20.8. The van der Waals surface area contributed by atoms with Gasteiger partial charge >= 0.3 is 6.03 Å². The van der Waals surface area contributed by atoms with Gasteiger partial charge in [-0.25, -0.2) is 13.2 Å². The topological polar surface area (TPSA) is 95.6 Å². The van der Waals surface area contributed by atoms with Crippen LogP contribution in [0.2, 0.25) is 0 Å². The first kappa shape index (κ1) is 17.9. The van der Waals surface area contributed by atoms with Crippen LogP contribution in [0.4, 0.5) is 4.79 Å². The molecule has 0 saturated carbocycles. The maximum Gasteiger partial charge on any atom is 0.322 e. The zero-order valence-electron chi connectivity index (χ0n) is 14.6. The molecule has 0 unspecified atom stereocenters. The van der Waals surface area contributed by atoms with Gasteiger partial charge in [0, 0.05) is 13.1 Å². The molecule has 2 N–H and O–H groups in total. The van der Waals surface area contributed by atoms with Crippen molar-refractivity contribution in [3.63, 3.8) is 0 Å². The summed E-state index contributed by atoms with van der Waals surface area (Å²) in [6, 6.07) is 5.01. The fourth-order valence-electron chi connectivity index (χ4n) is 3.38. The van der Waals surface area contributed by atoms with E-state index in [1.807, 2.05) is 26.0 Å². The summed E-state index contributed by atoms with van der Waals surface area (Å²) in [5.74, 6) is -0.135. The highest BCUT2D eigenvalue weighted by molar-refractivity contribution is 7.89. The molecule has 1 aromatic carbocycles. The molecule has 2 fully saturated rings. The van der Waals surface area contributed by atoms with Crippen LogP contribution in [0.1, 0.15) is 43.7 Å². The predicted molar refractivity (Wildman–Crippen MR) is 92.7 cm³/mol. The Balaban J connectivity index is 1.84. The van der Waals surface area contributed by atoms with E-state index in [9.17, 15) is 18.0 Å². The minimum absolute atomic E-state index is 0.196. The number of imide groups is 1. The van der Waals surface area contributed by atoms with Gasteiger partial charge in [0.25, 0.3) is 5.91 Å². The summed E-state index contributed by atoms with van der Waals surface area (Å²) >= 11 is 0. The van der Waals surface area contributed by atoms with Gasteiger partial charge in [-0.05, 0) is 42.9 Å². The van der Waals surface area contributed by atoms with Crippen molar-refractivity contribution in [2.24, 2.45) is 0 Å². The number of benzene rings is 1. The van der Waals surface area contributed by atoms with Gasteiger partial charge in [0.2, 0.25) is 10.0 Å². The van der Waals surface area contributed by atoms with Crippen LogP contribution in [-0.2, 0) is 14.8 Å². The van der Waals surface area contributed by atoms with E-state index in [1.165, 1.54) is 4.31 Å². The molecular formula is C17H23N3O4S. The van der Waals surface area contributed by atoms with Crippen molar-refractivity contribution >= 4 is 22.0 Å². The third-order valence-electron chi connectivity index (χ3n) is 5.09. The number of sulfonamides is 1. The number of carbonyl (C=O) groups excluding carboxylic acids is 2. The number of aryl methyl sites for hydroxylation is 1. The minimum atomic E-state index is -3.64. The molecule has 0 radical (unpaired) electrons. The molecule has 0 atom stereocenters. The van der Waals surface area contributed by atoms with Gasteiger partial charge in [-0.1, -0.05) is 26.0 Å². The number of nitrogens with one attached hydrogen (secondary N) is 2. The lowest BCUT2D eigenvalue weighted by atomic mass is 9.89. The summed E-state index contributed by atoms with van der Waals surface area (Å²) < 4.78 is 27.5. The second-order valence-electron chi connectivity index (χ2n) is 7.07. The lowest BCUT2D eigenvalue weighted by Gasteiger charge is -2.36. The summed E-state index contributed by atoms with van der Waals surface area (Å²) in [6.45, 7) is 6.22. The number of amides is 3. The molecule has 25 heavy (non-hydrogen) atoms. The number of hydrogen-bond acceptors (Lipinski definition) is 4. The van der Waals surface area contributed by atoms with Gasteiger partial charge in [0.05, 0.1) is 4.90 Å². The molecule has 2 aliphatic rings. The monoisotopic (exact) mass is 365 g/mol. The van der Waals surface area contributed by atoms with Crippen LogP contribution in [0.3, 0.4) is 0 Å². The van der Waals surface area contributed by atoms with Crippen LogP contribution in [0.5, 0.6) is 0 Å². The van der Waals surface area contributed by atoms with Crippen molar-refractivity contribution in [2.75, 3.05) is 13.1 Å². The average Bonchev–Trinajstić information content (AvgIpc) is 2.81. The Morgan fingerprint density at radius 3 is 2.32 bits per heavy atom. The van der Waals surface area contributed by atoms with Gasteiger partial charge in [-0.15, -0.1) is 0 Å². The highest BCUT2D eigenvalue weighted by Gasteiger charge is 2.49. The second kappa shape index (κ2) is 6.10. The first-order valence-corrected chi connectivity index (χ1v) is 9.84. The van der Waals surface area contributed by atoms with E-state index >= 15 is 0 Å². The molecule has 2 saturated heterocycles. The van der Waals surface area contributed by atoms with Gasteiger partial charge < -0.3 is 5.32 Å². The highest BCUT2D eigenvalue weighted by atomic mass is 32.2. The molecule has 136 valence electrons. The summed E-state index contributed by atoms with van der Waals surface area (Å²) in [4.78, 5) is 23.7. The predicted octanol–water partition coefficient (Wildman–Crippen LogP) is 1.48. The molecule has 7 nitrogen and oxygen atoms in total. The van der Waals surface area contributed by atoms with Crippen molar-refractivity contribution in [3.8, 4) is 0 Å². The molecule has 1 spiro atoms. The van der Waals surface area contributed by atoms with E-state index in [1.54, 1.807) is 13.0 Å². The van der Waals surface area contributed by atoms with Gasteiger partial charge in [0.1, 0.15) is 5.54 Å². The smallest absolute Gasteiger partial charge is 0.322 e. The molecule has 0 bridgehead atoms. The quantitative estimate of drug-likeness (QED) is 0.793. The molecule has 2 heterocycles. The molecule has 8 heteroatoms. The van der Waals surface area contributed by atoms with Crippen molar-refractivity contribution in [3.05, 3.63) is 29.3 Å². The summed E-state index contributed by atoms with van der Waals surface area (Å²) in [5, 5.41) is 4.88. The van der Waals surface area contributed by atoms with Crippen molar-refractivity contribution in [1.82, 2.24) is 14.9 Å². The number of nitrogens with zero attached hydrogens (tertiary/aromatic N) is 1. The van der Waals surface area contributed by atoms with Crippen molar-refractivity contribution < 1.29 is 18.0 Å². The lowest BCUT2D eigenvalue weighted by Crippen LogP contribution is -2.55. The Labute approximate surface area is 147 Å². The van der Waals surface area contributed by atoms with Crippen molar-refractivity contribution in [2.45, 2.75) is 50.0 Å². The lowest BCUT2D eigenvalue weighted by molar-refractivity contribution is -0.125. The van der Waals surface area contributed by atoms with E-state index in [0.717, 1.165) is 5.56 Å². The molecule has 0 aliphatic carbocycles. The zero-order valence-corrected chi connectivity index (χ0v) is 15.4. The van der Waals surface area contributed by atoms with Crippen LogP contribution < -0.4 is 10.6 Å². The fraction of sp³-hybridized carbons (Fsp3) is 0.529. The fourth-order valence-corrected chi connectivity index (χ4v) is 5.08. The zero-order chi connectivity index (χ0) is 18.4. The van der Waals surface area contributed by atoms with Crippen LogP contribution in [-0.4, -0.2) is 43.3 Å². The first-order valence-electron chi connectivity index (χ1n) is 8.40. The van der Waals surface area contributed by atoms with E-state index in [-0.39, 0.29) is 37.8 Å². The largest absolute Gasteiger partial charge is 0.323 e. The molecule has 2 aliphatic heterocycles. The van der Waals surface area contributed by atoms with Crippen LogP contribution in [0.25, 0.3) is 0 Å². The Morgan fingerprint density at radius 2 is 1.80 bits per heavy atom. The Bertz CT molecular complexity index is 824. The number of rotatable bonds is 3. The van der Waals surface area contributed by atoms with E-state index < -0.39 is 21.6 Å². The summed E-state index contributed by atoms with van der Waals surface area (Å²) in [6.07, 6.45) is 0.541. The number of hydrogen-bond donors (Lipinski definition) is 2. The molecule has 3 rings (SSSR count). The second-order valence-corrected chi connectivity index (χ2v) is 8.98. The molecule has 3 amide bonds. The third kappa shape index (κ3) is 3.04. The van der Waals surface area contributed by atoms with E-state index in [0.29, 0.717) is 10.5 Å². The molecule has 1 aromatic rings. The van der Waals surface area contributed by atoms with E-state index in [2.05, 4.69) is 10.6 Å². The number of urea groups is 1. The minimum Gasteiger partial charge on any atom is -0.323 e. The number of piperidine rings is 1. The van der Waals surface area contributed by atoms with Gasteiger partial charge in [-0.3, -0.25) is 10.1 Å². The Kier molecular flexibility index (Phi) is 4.36. The average molecular weight is 365 g/mol. The Morgan fingerprint density at radius 1 is 1.16 bits per heavy atom. The molecule has 0 aromatic heterocycles. The highest BCUT2D eigenvalue weighted by Crippen LogP contribution is 2.31. The third-order valence-corrected chi connectivity index (χ3v) is 7.13. The van der Waals surface area contributed by atoms with Crippen LogP contribution in [0.15, 0.2) is 23.1 Å². The SMILES string of the molecule is Cc1ccc(C(C)C)cc1S(=O)(=O)N1CCC2(CC1)NC(=O)NC2=O. The van der Waals surface area contributed by atoms with Crippen LogP contribution in [0, 0.1) is 6.92 Å². The van der Waals surface area contributed by atoms with E-state index in [4.69, 9.17) is 0 Å². The van der Waals surface area contributed by atoms with Gasteiger partial charge in [-0.2, -0.15) is 4.31 Å². The van der Waals surface area contributed by atoms with Crippen LogP contribution >= 0.6 is 0 Å². The maximum absolute atomic E-state index is 13.1. The maximum atomic E-state index is 13.1. The summed E-state index contributed by atoms with van der Waals surface area (Å²) in [5.41, 5.74) is 0.703.